The number of nitrogens with zero attached hydrogens (tertiary/aromatic N) is 1. The van der Waals surface area contributed by atoms with Crippen LogP contribution >= 0.6 is 7.82 Å². The Bertz CT molecular complexity index is 1330. The number of hydrogen-bond donors (Lipinski definition) is 1. The molecule has 0 saturated carbocycles. The first kappa shape index (κ1) is 66.9. The molecule has 0 radical (unpaired) electrons. The van der Waals surface area contributed by atoms with Gasteiger partial charge in [-0.3, -0.25) is 13.8 Å². The van der Waals surface area contributed by atoms with Gasteiger partial charge in [-0.15, -0.1) is 0 Å². The average molecular weight is 990 g/mol. The van der Waals surface area contributed by atoms with E-state index in [1.807, 2.05) is 21.1 Å². The highest BCUT2D eigenvalue weighted by Gasteiger charge is 2.26. The van der Waals surface area contributed by atoms with Crippen molar-refractivity contribution >= 4 is 13.8 Å². The molecule has 0 aromatic heterocycles. The fourth-order valence-corrected chi connectivity index (χ4v) is 8.61. The van der Waals surface area contributed by atoms with Crippen molar-refractivity contribution in [1.29, 1.82) is 0 Å². The quantitative estimate of drug-likeness (QED) is 0.0213. The number of carbonyl (C=O) groups is 1. The van der Waals surface area contributed by atoms with Crippen LogP contribution in [0, 0.1) is 0 Å². The summed E-state index contributed by atoms with van der Waals surface area (Å²) in [6.07, 6.45) is 69.6. The SMILES string of the molecule is CC/C=C\C/C=C\C/C=C\C/C=C\C/C=C\CCCCCCCCCC(=O)OC(COCCCCCCCCCCCCCC/C=C\CCCCCCCCCC)COP(=O)(O)OCC[N+](C)(C)C. The molecule has 0 aliphatic rings. The zero-order valence-electron chi connectivity index (χ0n) is 45.8. The summed E-state index contributed by atoms with van der Waals surface area (Å²) in [7, 11) is 1.66. The maximum atomic E-state index is 12.8. The third-order valence-corrected chi connectivity index (χ3v) is 13.2. The van der Waals surface area contributed by atoms with Crippen molar-refractivity contribution in [2.75, 3.05) is 54.1 Å². The Balaban J connectivity index is 4.11. The van der Waals surface area contributed by atoms with Crippen molar-refractivity contribution in [3.8, 4) is 0 Å². The van der Waals surface area contributed by atoms with E-state index in [1.165, 1.54) is 154 Å². The second-order valence-corrected chi connectivity index (χ2v) is 21.7. The smallest absolute Gasteiger partial charge is 0.457 e. The van der Waals surface area contributed by atoms with Gasteiger partial charge in [-0.2, -0.15) is 0 Å². The Kier molecular flexibility index (Phi) is 50.7. The predicted molar refractivity (Wildman–Crippen MR) is 298 cm³/mol. The first-order chi connectivity index (χ1) is 33.6. The lowest BCUT2D eigenvalue weighted by molar-refractivity contribution is -0.870. The summed E-state index contributed by atoms with van der Waals surface area (Å²) in [5.74, 6) is -0.324. The molecule has 0 aromatic carbocycles. The second-order valence-electron chi connectivity index (χ2n) is 20.3. The van der Waals surface area contributed by atoms with Gasteiger partial charge < -0.3 is 18.9 Å². The zero-order chi connectivity index (χ0) is 50.5. The molecule has 0 aliphatic carbocycles. The number of phosphoric ester groups is 1. The van der Waals surface area contributed by atoms with E-state index in [2.05, 4.69) is 86.8 Å². The minimum atomic E-state index is -4.29. The molecule has 1 N–H and O–H groups in total. The molecule has 0 spiro atoms. The van der Waals surface area contributed by atoms with Gasteiger partial charge in [-0.1, -0.05) is 228 Å². The van der Waals surface area contributed by atoms with E-state index in [0.29, 0.717) is 24.1 Å². The van der Waals surface area contributed by atoms with E-state index in [-0.39, 0.29) is 25.8 Å². The number of unbranched alkanes of at least 4 members (excludes halogenated alkanes) is 27. The standard InChI is InChI=1S/C60H110NO7P/c1-6-8-10-12-14-16-18-20-22-24-26-28-30-32-34-36-38-40-42-44-46-48-50-52-55-65-57-59(58-67-69(63,64)66-56-54-61(3,4)5)68-60(62)53-51-49-47-45-43-41-39-37-35-33-31-29-27-25-23-21-19-17-15-13-11-9-7-2/h9,11,15,17,21,23-24,26-27,29,33,35,59H,6-8,10,12-14,16,18-20,22,25,28,30-32,34,36-58H2,1-5H3/p+1/b11-9-,17-15-,23-21-,26-24-,29-27-,35-33-. The second kappa shape index (κ2) is 52.3. The largest absolute Gasteiger partial charge is 0.472 e. The van der Waals surface area contributed by atoms with Crippen molar-refractivity contribution in [3.63, 3.8) is 0 Å². The van der Waals surface area contributed by atoms with E-state index < -0.39 is 13.9 Å². The van der Waals surface area contributed by atoms with E-state index >= 15 is 0 Å². The third kappa shape index (κ3) is 56.7. The van der Waals surface area contributed by atoms with Gasteiger partial charge in [0.05, 0.1) is 34.4 Å². The highest BCUT2D eigenvalue weighted by molar-refractivity contribution is 7.47. The number of allylic oxidation sites excluding steroid dienone is 12. The van der Waals surface area contributed by atoms with Crippen LogP contribution < -0.4 is 0 Å². The topological polar surface area (TPSA) is 91.3 Å². The number of carbonyl (C=O) groups excluding carboxylic acids is 1. The molecule has 0 aromatic rings. The molecular weight excluding hydrogens is 878 g/mol. The lowest BCUT2D eigenvalue weighted by Gasteiger charge is -2.24. The molecular formula is C60H111NO7P+. The van der Waals surface area contributed by atoms with Crippen molar-refractivity contribution in [1.82, 2.24) is 0 Å². The number of quaternary nitrogens is 1. The lowest BCUT2D eigenvalue weighted by Crippen LogP contribution is -2.37. The van der Waals surface area contributed by atoms with Gasteiger partial charge >= 0.3 is 13.8 Å². The molecule has 8 nitrogen and oxygen atoms in total. The summed E-state index contributed by atoms with van der Waals surface area (Å²) in [6, 6.07) is 0. The van der Waals surface area contributed by atoms with Crippen LogP contribution in [0.3, 0.4) is 0 Å². The van der Waals surface area contributed by atoms with Crippen molar-refractivity contribution in [2.45, 2.75) is 251 Å². The van der Waals surface area contributed by atoms with Crippen LogP contribution in [0.15, 0.2) is 72.9 Å². The summed E-state index contributed by atoms with van der Waals surface area (Å²) in [5.41, 5.74) is 0. The van der Waals surface area contributed by atoms with Gasteiger partial charge in [-0.05, 0) is 83.5 Å². The molecule has 0 rings (SSSR count). The highest BCUT2D eigenvalue weighted by atomic mass is 31.2. The maximum absolute atomic E-state index is 12.8. The summed E-state index contributed by atoms with van der Waals surface area (Å²) >= 11 is 0. The van der Waals surface area contributed by atoms with Gasteiger partial charge in [0.1, 0.15) is 19.3 Å². The minimum Gasteiger partial charge on any atom is -0.457 e. The summed E-state index contributed by atoms with van der Waals surface area (Å²) in [5, 5.41) is 0. The first-order valence-electron chi connectivity index (χ1n) is 28.7. The molecule has 0 amide bonds. The Hall–Kier alpha value is -2.06. The maximum Gasteiger partial charge on any atom is 0.472 e. The summed E-state index contributed by atoms with van der Waals surface area (Å²) in [6.45, 7) is 5.52. The zero-order valence-corrected chi connectivity index (χ0v) is 46.7. The molecule has 0 heterocycles. The molecule has 2 unspecified atom stereocenters. The normalized spacial score (nSPS) is 14.0. The van der Waals surface area contributed by atoms with Gasteiger partial charge in [-0.25, -0.2) is 4.57 Å². The van der Waals surface area contributed by atoms with Crippen molar-refractivity contribution in [2.24, 2.45) is 0 Å². The van der Waals surface area contributed by atoms with Crippen LogP contribution in [0.25, 0.3) is 0 Å². The average Bonchev–Trinajstić information content (AvgIpc) is 3.31. The van der Waals surface area contributed by atoms with E-state index in [0.717, 1.165) is 70.6 Å². The number of phosphoric acid groups is 1. The van der Waals surface area contributed by atoms with Crippen molar-refractivity contribution in [3.05, 3.63) is 72.9 Å². The fourth-order valence-electron chi connectivity index (χ4n) is 7.87. The molecule has 402 valence electrons. The minimum absolute atomic E-state index is 0.0836. The molecule has 9 heteroatoms. The lowest BCUT2D eigenvalue weighted by atomic mass is 10.0. The van der Waals surface area contributed by atoms with Crippen LogP contribution in [-0.4, -0.2) is 75.6 Å². The van der Waals surface area contributed by atoms with Gasteiger partial charge in [0, 0.05) is 13.0 Å². The monoisotopic (exact) mass is 989 g/mol. The molecule has 2 atom stereocenters. The Morgan fingerprint density at radius 2 is 0.841 bits per heavy atom. The third-order valence-electron chi connectivity index (χ3n) is 12.3. The number of hydrogen-bond acceptors (Lipinski definition) is 6. The molecule has 0 fully saturated rings. The summed E-state index contributed by atoms with van der Waals surface area (Å²) < 4.78 is 35.3. The summed E-state index contributed by atoms with van der Waals surface area (Å²) in [4.78, 5) is 23.1. The number of rotatable bonds is 53. The van der Waals surface area contributed by atoms with E-state index in [4.69, 9.17) is 18.5 Å². The number of esters is 1. The Labute approximate surface area is 427 Å². The number of likely N-dealkylation sites (N-methyl/N-ethyl adjacent to an activating group) is 1. The van der Waals surface area contributed by atoms with Crippen LogP contribution in [-0.2, 0) is 27.9 Å². The van der Waals surface area contributed by atoms with Gasteiger partial charge in [0.15, 0.2) is 0 Å². The van der Waals surface area contributed by atoms with Gasteiger partial charge in [0.25, 0.3) is 0 Å². The Morgan fingerprint density at radius 3 is 1.28 bits per heavy atom. The van der Waals surface area contributed by atoms with Crippen LogP contribution in [0.1, 0.15) is 245 Å². The molecule has 0 bridgehead atoms. The highest BCUT2D eigenvalue weighted by Crippen LogP contribution is 2.43. The van der Waals surface area contributed by atoms with Gasteiger partial charge in [0.2, 0.25) is 0 Å². The predicted octanol–water partition coefficient (Wildman–Crippen LogP) is 18.2. The van der Waals surface area contributed by atoms with Crippen LogP contribution in [0.2, 0.25) is 0 Å². The fraction of sp³-hybridized carbons (Fsp3) is 0.783. The first-order valence-corrected chi connectivity index (χ1v) is 30.2. The number of ether oxygens (including phenoxy) is 2. The van der Waals surface area contributed by atoms with Crippen molar-refractivity contribution < 1.29 is 37.3 Å². The van der Waals surface area contributed by atoms with E-state index in [1.54, 1.807) is 0 Å². The molecule has 0 aliphatic heterocycles. The molecule has 0 saturated heterocycles. The van der Waals surface area contributed by atoms with Crippen LogP contribution in [0.4, 0.5) is 0 Å². The molecule has 69 heavy (non-hydrogen) atoms. The van der Waals surface area contributed by atoms with Crippen LogP contribution in [0.5, 0.6) is 0 Å². The Morgan fingerprint density at radius 1 is 0.464 bits per heavy atom. The van der Waals surface area contributed by atoms with E-state index in [9.17, 15) is 14.3 Å².